The number of aliphatic imine (C=N–C) groups is 1. The number of hydrogen-bond donors (Lipinski definition) is 4. The van der Waals surface area contributed by atoms with Gasteiger partial charge < -0.3 is 31.6 Å². The highest BCUT2D eigenvalue weighted by molar-refractivity contribution is 6.32. The molecule has 2 aromatic heterocycles. The second-order valence-electron chi connectivity index (χ2n) is 7.23. The first-order chi connectivity index (χ1) is 16.8. The second kappa shape index (κ2) is 9.05. The highest BCUT2D eigenvalue weighted by atomic mass is 35.5. The lowest BCUT2D eigenvalue weighted by molar-refractivity contribution is -0.389. The number of nitriles is 2. The number of ether oxygens (including phenoxy) is 1. The van der Waals surface area contributed by atoms with E-state index in [1.807, 2.05) is 6.07 Å². The molecular formula is C20H16ClN11O3. The van der Waals surface area contributed by atoms with Gasteiger partial charge in [0.05, 0.1) is 30.6 Å². The Hall–Kier alpha value is -5.08. The molecule has 15 heteroatoms. The van der Waals surface area contributed by atoms with Gasteiger partial charge in [-0.2, -0.15) is 15.2 Å². The molecule has 1 atom stereocenters. The van der Waals surface area contributed by atoms with Crippen LogP contribution in [0.5, 0.6) is 5.75 Å². The molecule has 0 radical (unpaired) electrons. The zero-order valence-electron chi connectivity index (χ0n) is 18.0. The van der Waals surface area contributed by atoms with Crippen LogP contribution in [-0.4, -0.2) is 32.8 Å². The summed E-state index contributed by atoms with van der Waals surface area (Å²) < 4.78 is 6.86. The summed E-state index contributed by atoms with van der Waals surface area (Å²) in [6.45, 7) is 0.142. The van der Waals surface area contributed by atoms with Crippen molar-refractivity contribution in [3.8, 4) is 18.0 Å². The van der Waals surface area contributed by atoms with Gasteiger partial charge in [0, 0.05) is 11.1 Å². The molecule has 0 bridgehead atoms. The number of nitrogens with one attached hydrogen (secondary N) is 2. The van der Waals surface area contributed by atoms with Crippen molar-refractivity contribution in [1.82, 2.24) is 20.1 Å². The molecule has 1 aliphatic rings. The number of fused-ring (bicyclic) bond motifs is 1. The Labute approximate surface area is 202 Å². The highest BCUT2D eigenvalue weighted by Gasteiger charge is 2.30. The normalized spacial score (nSPS) is 14.1. The molecule has 3 heterocycles. The number of benzene rings is 1. The Bertz CT molecular complexity index is 1470. The van der Waals surface area contributed by atoms with Gasteiger partial charge in [0.2, 0.25) is 5.96 Å². The Morgan fingerprint density at radius 3 is 2.80 bits per heavy atom. The molecular weight excluding hydrogens is 478 g/mol. The smallest absolute Gasteiger partial charge is 0.408 e. The van der Waals surface area contributed by atoms with Crippen LogP contribution < -0.4 is 26.8 Å². The van der Waals surface area contributed by atoms with E-state index in [0.29, 0.717) is 22.4 Å². The number of methoxy groups -OCH3 is 1. The van der Waals surface area contributed by atoms with Crippen molar-refractivity contribution in [2.75, 3.05) is 23.9 Å². The summed E-state index contributed by atoms with van der Waals surface area (Å²) in [5.74, 6) is 0.286. The average Bonchev–Trinajstić information content (AvgIpc) is 3.19. The molecule has 1 aliphatic heterocycles. The van der Waals surface area contributed by atoms with Crippen LogP contribution in [0.2, 0.25) is 5.02 Å². The molecule has 0 saturated heterocycles. The third kappa shape index (κ3) is 4.17. The number of nitro groups is 1. The van der Waals surface area contributed by atoms with E-state index in [1.54, 1.807) is 24.4 Å². The van der Waals surface area contributed by atoms with E-state index in [9.17, 15) is 15.4 Å². The van der Waals surface area contributed by atoms with Crippen molar-refractivity contribution in [3.63, 3.8) is 0 Å². The van der Waals surface area contributed by atoms with Gasteiger partial charge in [-0.3, -0.25) is 5.32 Å². The van der Waals surface area contributed by atoms with Crippen LogP contribution >= 0.6 is 11.6 Å². The monoisotopic (exact) mass is 493 g/mol. The molecule has 1 aromatic carbocycles. The van der Waals surface area contributed by atoms with Crippen LogP contribution in [0.4, 0.5) is 23.1 Å². The van der Waals surface area contributed by atoms with Crippen LogP contribution in [0.3, 0.4) is 0 Å². The standard InChI is InChI=1S/C20H16ClN11O3/c1-35-13-4-9(2-3-10(13)6-31-7-12(21)19(30-31)32(33)34)16-14-15(24)11(5-22)17(25)28-18(14)29-20(27-16)26-8-23/h2-4,7,16H,6H2,1H3,(H6,24,25,26,27,28,29). The minimum absolute atomic E-state index is 0.0168. The number of nitrogen functional groups attached to an aromatic ring is 2. The Kier molecular flexibility index (Phi) is 5.97. The molecule has 0 saturated carbocycles. The number of rotatable bonds is 5. The zero-order valence-corrected chi connectivity index (χ0v) is 18.7. The maximum atomic E-state index is 11.0. The van der Waals surface area contributed by atoms with E-state index in [4.69, 9.17) is 33.1 Å². The predicted octanol–water partition coefficient (Wildman–Crippen LogP) is 1.87. The van der Waals surface area contributed by atoms with E-state index >= 15 is 0 Å². The van der Waals surface area contributed by atoms with E-state index in [2.05, 4.69) is 25.7 Å². The lowest BCUT2D eigenvalue weighted by atomic mass is 9.94. The maximum absolute atomic E-state index is 11.0. The first-order valence-corrected chi connectivity index (χ1v) is 10.2. The minimum Gasteiger partial charge on any atom is -0.496 e. The number of hydrogen-bond acceptors (Lipinski definition) is 12. The third-order valence-corrected chi connectivity index (χ3v) is 5.46. The van der Waals surface area contributed by atoms with Gasteiger partial charge in [0.25, 0.3) is 0 Å². The molecule has 176 valence electrons. The van der Waals surface area contributed by atoms with Crippen molar-refractivity contribution >= 4 is 40.7 Å². The summed E-state index contributed by atoms with van der Waals surface area (Å²) in [5.41, 5.74) is 13.9. The van der Waals surface area contributed by atoms with Gasteiger partial charge in [-0.1, -0.05) is 23.7 Å². The van der Waals surface area contributed by atoms with E-state index in [1.165, 1.54) is 18.0 Å². The van der Waals surface area contributed by atoms with Gasteiger partial charge in [-0.15, -0.1) is 0 Å². The Morgan fingerprint density at radius 2 is 2.17 bits per heavy atom. The number of halogens is 1. The molecule has 4 rings (SSSR count). The molecule has 0 aliphatic carbocycles. The van der Waals surface area contributed by atoms with E-state index in [-0.39, 0.29) is 40.4 Å². The fourth-order valence-corrected chi connectivity index (χ4v) is 3.87. The topological polar surface area (TPSA) is 219 Å². The molecule has 14 nitrogen and oxygen atoms in total. The van der Waals surface area contributed by atoms with Gasteiger partial charge >= 0.3 is 5.82 Å². The van der Waals surface area contributed by atoms with Crippen LogP contribution in [-0.2, 0) is 6.54 Å². The molecule has 0 amide bonds. The van der Waals surface area contributed by atoms with Crippen molar-refractivity contribution < 1.29 is 9.66 Å². The molecule has 35 heavy (non-hydrogen) atoms. The number of nitrogens with zero attached hydrogens (tertiary/aromatic N) is 7. The molecule has 0 fully saturated rings. The summed E-state index contributed by atoms with van der Waals surface area (Å²) >= 11 is 5.89. The molecule has 6 N–H and O–H groups in total. The molecule has 1 unspecified atom stereocenters. The summed E-state index contributed by atoms with van der Waals surface area (Å²) in [7, 11) is 1.47. The first kappa shape index (κ1) is 23.1. The van der Waals surface area contributed by atoms with Crippen LogP contribution in [0.25, 0.3) is 0 Å². The molecule has 0 spiro atoms. The summed E-state index contributed by atoms with van der Waals surface area (Å²) in [4.78, 5) is 19.1. The fraction of sp³-hybridized carbons (Fsp3) is 0.150. The van der Waals surface area contributed by atoms with Crippen LogP contribution in [0, 0.1) is 32.9 Å². The Balaban J connectivity index is 1.78. The quantitative estimate of drug-likeness (QED) is 0.174. The van der Waals surface area contributed by atoms with Crippen LogP contribution in [0.15, 0.2) is 29.4 Å². The largest absolute Gasteiger partial charge is 0.496 e. The second-order valence-corrected chi connectivity index (χ2v) is 7.64. The fourth-order valence-electron chi connectivity index (χ4n) is 3.65. The number of aromatic nitrogens is 3. The minimum atomic E-state index is -0.759. The molecule has 3 aromatic rings. The highest BCUT2D eigenvalue weighted by Crippen LogP contribution is 2.41. The van der Waals surface area contributed by atoms with Gasteiger partial charge in [-0.25, -0.2) is 9.98 Å². The maximum Gasteiger partial charge on any atom is 0.408 e. The van der Waals surface area contributed by atoms with Gasteiger partial charge in [0.1, 0.15) is 35.1 Å². The van der Waals surface area contributed by atoms with Crippen molar-refractivity contribution in [3.05, 3.63) is 61.8 Å². The van der Waals surface area contributed by atoms with Gasteiger partial charge in [0.15, 0.2) is 11.2 Å². The summed E-state index contributed by atoms with van der Waals surface area (Å²) in [6, 6.07) is 6.36. The Morgan fingerprint density at radius 1 is 1.40 bits per heavy atom. The van der Waals surface area contributed by atoms with E-state index < -0.39 is 16.8 Å². The zero-order chi connectivity index (χ0) is 25.3. The lowest BCUT2D eigenvalue weighted by Gasteiger charge is -2.26. The number of nitrogens with two attached hydrogens (primary N) is 2. The number of guanidine groups is 1. The van der Waals surface area contributed by atoms with Gasteiger partial charge in [-0.05, 0) is 16.6 Å². The predicted molar refractivity (Wildman–Crippen MR) is 125 cm³/mol. The lowest BCUT2D eigenvalue weighted by Crippen LogP contribution is -2.32. The van der Waals surface area contributed by atoms with Crippen molar-refractivity contribution in [1.29, 1.82) is 10.5 Å². The van der Waals surface area contributed by atoms with Crippen molar-refractivity contribution in [2.24, 2.45) is 4.99 Å². The third-order valence-electron chi connectivity index (χ3n) is 5.19. The average molecular weight is 494 g/mol. The number of anilines is 3. The SMILES string of the molecule is COc1cc(C2N=C(NC#N)Nc3nc(N)c(C#N)c(N)c32)ccc1Cn1cc(Cl)c([N+](=O)[O-])n1. The van der Waals surface area contributed by atoms with Crippen LogP contribution in [0.1, 0.15) is 28.3 Å². The number of pyridine rings is 1. The van der Waals surface area contributed by atoms with E-state index in [0.717, 1.165) is 0 Å². The summed E-state index contributed by atoms with van der Waals surface area (Å²) in [5, 5.41) is 38.6. The summed E-state index contributed by atoms with van der Waals surface area (Å²) in [6.07, 6.45) is 3.13. The first-order valence-electron chi connectivity index (χ1n) is 9.80. The van der Waals surface area contributed by atoms with Crippen molar-refractivity contribution in [2.45, 2.75) is 12.6 Å².